The summed E-state index contributed by atoms with van der Waals surface area (Å²) in [6.07, 6.45) is 0.746. The van der Waals surface area contributed by atoms with E-state index in [1.807, 2.05) is 0 Å². The zero-order chi connectivity index (χ0) is 10.1. The third-order valence-corrected chi connectivity index (χ3v) is 1.93. The number of ether oxygens (including phenoxy) is 1. The molecule has 2 rings (SSSR count). The van der Waals surface area contributed by atoms with E-state index in [0.29, 0.717) is 11.4 Å². The van der Waals surface area contributed by atoms with Gasteiger partial charge in [0.05, 0.1) is 25.6 Å². The highest BCUT2D eigenvalue weighted by molar-refractivity contribution is 6.00. The number of rotatable bonds is 0. The maximum Gasteiger partial charge on any atom is 0.418 e. The molecule has 14 heavy (non-hydrogen) atoms. The van der Waals surface area contributed by atoms with Crippen LogP contribution in [0.2, 0.25) is 0 Å². The standard InChI is InChI=1S/C8H8N2O4/c1-13-8(12)10-4-6-5(2-3-14-6)9-7(10)11/h2-3H,4H2,1H3,(H,9,11). The van der Waals surface area contributed by atoms with Crippen LogP contribution >= 0.6 is 0 Å². The summed E-state index contributed by atoms with van der Waals surface area (Å²) in [5.74, 6) is 0.537. The van der Waals surface area contributed by atoms with Crippen molar-refractivity contribution in [3.05, 3.63) is 18.1 Å². The van der Waals surface area contributed by atoms with Crippen LogP contribution in [0.3, 0.4) is 0 Å². The molecule has 0 spiro atoms. The van der Waals surface area contributed by atoms with Crippen molar-refractivity contribution in [1.82, 2.24) is 4.90 Å². The number of hydrogen-bond acceptors (Lipinski definition) is 4. The third kappa shape index (κ3) is 1.20. The Morgan fingerprint density at radius 3 is 3.21 bits per heavy atom. The fourth-order valence-corrected chi connectivity index (χ4v) is 1.23. The van der Waals surface area contributed by atoms with E-state index < -0.39 is 12.1 Å². The summed E-state index contributed by atoms with van der Waals surface area (Å²) in [7, 11) is 1.22. The molecule has 1 N–H and O–H groups in total. The minimum absolute atomic E-state index is 0.0981. The van der Waals surface area contributed by atoms with E-state index in [0.717, 1.165) is 4.90 Å². The summed E-state index contributed by atoms with van der Waals surface area (Å²) in [4.78, 5) is 23.4. The van der Waals surface area contributed by atoms with Gasteiger partial charge in [0.15, 0.2) is 0 Å². The fourth-order valence-electron chi connectivity index (χ4n) is 1.23. The Labute approximate surface area is 79.4 Å². The van der Waals surface area contributed by atoms with Gasteiger partial charge in [-0.15, -0.1) is 0 Å². The van der Waals surface area contributed by atoms with Crippen molar-refractivity contribution in [2.75, 3.05) is 12.4 Å². The lowest BCUT2D eigenvalue weighted by atomic mass is 10.3. The summed E-state index contributed by atoms with van der Waals surface area (Å²) in [6, 6.07) is 1.12. The molecule has 0 bridgehead atoms. The minimum Gasteiger partial charge on any atom is -0.465 e. The smallest absolute Gasteiger partial charge is 0.418 e. The van der Waals surface area contributed by atoms with E-state index in [1.54, 1.807) is 6.07 Å². The SMILES string of the molecule is COC(=O)N1Cc2occc2NC1=O. The fraction of sp³-hybridized carbons (Fsp3) is 0.250. The van der Waals surface area contributed by atoms with Crippen LogP contribution in [0.1, 0.15) is 5.76 Å². The molecular weight excluding hydrogens is 188 g/mol. The van der Waals surface area contributed by atoms with Crippen molar-refractivity contribution in [1.29, 1.82) is 0 Å². The molecule has 74 valence electrons. The van der Waals surface area contributed by atoms with E-state index in [4.69, 9.17) is 4.42 Å². The van der Waals surface area contributed by atoms with Gasteiger partial charge in [0.2, 0.25) is 0 Å². The average molecular weight is 196 g/mol. The summed E-state index contributed by atoms with van der Waals surface area (Å²) < 4.78 is 9.50. The molecule has 0 atom stereocenters. The van der Waals surface area contributed by atoms with Crippen molar-refractivity contribution >= 4 is 17.8 Å². The van der Waals surface area contributed by atoms with Gasteiger partial charge in [-0.05, 0) is 0 Å². The Balaban J connectivity index is 2.26. The number of nitrogens with zero attached hydrogens (tertiary/aromatic N) is 1. The number of carbonyl (C=O) groups is 2. The predicted octanol–water partition coefficient (Wildman–Crippen LogP) is 1.39. The van der Waals surface area contributed by atoms with E-state index in [9.17, 15) is 9.59 Å². The quantitative estimate of drug-likeness (QED) is 0.680. The van der Waals surface area contributed by atoms with Gasteiger partial charge >= 0.3 is 12.1 Å². The Morgan fingerprint density at radius 2 is 2.50 bits per heavy atom. The van der Waals surface area contributed by atoms with Crippen LogP contribution in [0, 0.1) is 0 Å². The van der Waals surface area contributed by atoms with Crippen LogP contribution in [0.15, 0.2) is 16.7 Å². The molecule has 2 heterocycles. The first-order chi connectivity index (χ1) is 6.72. The molecule has 1 aromatic rings. The Morgan fingerprint density at radius 1 is 1.71 bits per heavy atom. The summed E-state index contributed by atoms with van der Waals surface area (Å²) in [5, 5.41) is 2.50. The molecule has 1 aliphatic rings. The molecule has 0 unspecified atom stereocenters. The van der Waals surface area contributed by atoms with Crippen LogP contribution in [-0.4, -0.2) is 24.1 Å². The lowest BCUT2D eigenvalue weighted by Crippen LogP contribution is -2.42. The maximum atomic E-state index is 11.3. The summed E-state index contributed by atoms with van der Waals surface area (Å²) in [6.45, 7) is 0.0981. The summed E-state index contributed by atoms with van der Waals surface area (Å²) >= 11 is 0. The van der Waals surface area contributed by atoms with Gasteiger partial charge < -0.3 is 14.5 Å². The van der Waals surface area contributed by atoms with Gasteiger partial charge in [0, 0.05) is 6.07 Å². The number of imide groups is 1. The van der Waals surface area contributed by atoms with Crippen LogP contribution in [-0.2, 0) is 11.3 Å². The molecule has 0 fully saturated rings. The number of furan rings is 1. The zero-order valence-corrected chi connectivity index (χ0v) is 7.44. The number of amides is 3. The minimum atomic E-state index is -0.704. The van der Waals surface area contributed by atoms with Gasteiger partial charge in [-0.2, -0.15) is 0 Å². The van der Waals surface area contributed by atoms with Gasteiger partial charge in [-0.25, -0.2) is 14.5 Å². The van der Waals surface area contributed by atoms with Gasteiger partial charge in [-0.3, -0.25) is 0 Å². The first-order valence-corrected chi connectivity index (χ1v) is 3.95. The molecule has 6 nitrogen and oxygen atoms in total. The van der Waals surface area contributed by atoms with Crippen molar-refractivity contribution in [3.8, 4) is 0 Å². The number of carbonyl (C=O) groups excluding carboxylic acids is 2. The topological polar surface area (TPSA) is 71.8 Å². The second kappa shape index (κ2) is 3.06. The monoisotopic (exact) mass is 196 g/mol. The Bertz CT molecular complexity index is 384. The molecule has 1 aliphatic heterocycles. The van der Waals surface area contributed by atoms with Crippen LogP contribution < -0.4 is 5.32 Å². The van der Waals surface area contributed by atoms with E-state index in [2.05, 4.69) is 10.1 Å². The number of nitrogens with one attached hydrogen (secondary N) is 1. The van der Waals surface area contributed by atoms with Crippen molar-refractivity contribution in [2.24, 2.45) is 0 Å². The Hall–Kier alpha value is -1.98. The molecule has 3 amide bonds. The average Bonchev–Trinajstić information content (AvgIpc) is 2.62. The van der Waals surface area contributed by atoms with Crippen LogP contribution in [0.25, 0.3) is 0 Å². The van der Waals surface area contributed by atoms with Gasteiger partial charge in [0.25, 0.3) is 0 Å². The van der Waals surface area contributed by atoms with Gasteiger partial charge in [-0.1, -0.05) is 0 Å². The molecular formula is C8H8N2O4. The lowest BCUT2D eigenvalue weighted by Gasteiger charge is -2.23. The number of fused-ring (bicyclic) bond motifs is 1. The first-order valence-electron chi connectivity index (χ1n) is 3.95. The summed E-state index contributed by atoms with van der Waals surface area (Å²) in [5.41, 5.74) is 0.593. The predicted molar refractivity (Wildman–Crippen MR) is 45.7 cm³/mol. The van der Waals surface area contributed by atoms with Crippen LogP contribution in [0.5, 0.6) is 0 Å². The Kier molecular flexibility index (Phi) is 1.88. The molecule has 0 radical (unpaired) electrons. The first kappa shape index (κ1) is 8.61. The van der Waals surface area contributed by atoms with E-state index >= 15 is 0 Å². The third-order valence-electron chi connectivity index (χ3n) is 1.93. The maximum absolute atomic E-state index is 11.3. The highest BCUT2D eigenvalue weighted by Gasteiger charge is 2.30. The molecule has 0 saturated carbocycles. The zero-order valence-electron chi connectivity index (χ0n) is 7.44. The van der Waals surface area contributed by atoms with E-state index in [1.165, 1.54) is 13.4 Å². The molecule has 0 aromatic carbocycles. The van der Waals surface area contributed by atoms with E-state index in [-0.39, 0.29) is 6.54 Å². The second-order valence-corrected chi connectivity index (χ2v) is 2.74. The number of hydrogen-bond donors (Lipinski definition) is 1. The van der Waals surface area contributed by atoms with Crippen LogP contribution in [0.4, 0.5) is 15.3 Å². The van der Waals surface area contributed by atoms with Crippen molar-refractivity contribution in [3.63, 3.8) is 0 Å². The largest absolute Gasteiger partial charge is 0.465 e. The van der Waals surface area contributed by atoms with Crippen molar-refractivity contribution in [2.45, 2.75) is 6.54 Å². The number of urea groups is 1. The highest BCUT2D eigenvalue weighted by Crippen LogP contribution is 2.24. The molecule has 6 heteroatoms. The number of methoxy groups -OCH3 is 1. The van der Waals surface area contributed by atoms with Crippen molar-refractivity contribution < 1.29 is 18.7 Å². The van der Waals surface area contributed by atoms with Gasteiger partial charge in [0.1, 0.15) is 5.76 Å². The number of anilines is 1. The molecule has 1 aromatic heterocycles. The normalized spacial score (nSPS) is 14.6. The highest BCUT2D eigenvalue weighted by atomic mass is 16.5. The molecule has 0 saturated heterocycles. The second-order valence-electron chi connectivity index (χ2n) is 2.74. The lowest BCUT2D eigenvalue weighted by molar-refractivity contribution is 0.127. The molecule has 0 aliphatic carbocycles.